The molecule has 118 valence electrons. The highest BCUT2D eigenvalue weighted by Gasteiger charge is 2.60. The molecule has 4 heteroatoms. The zero-order valence-corrected chi connectivity index (χ0v) is 12.9. The van der Waals surface area contributed by atoms with Crippen molar-refractivity contribution in [2.24, 2.45) is 17.3 Å². The van der Waals surface area contributed by atoms with Crippen LogP contribution in [-0.2, 0) is 4.74 Å². The van der Waals surface area contributed by atoms with Gasteiger partial charge in [-0.25, -0.2) is 0 Å². The first kappa shape index (κ1) is 15.3. The van der Waals surface area contributed by atoms with E-state index in [1.54, 1.807) is 0 Å². The first-order valence-corrected chi connectivity index (χ1v) is 8.45. The summed E-state index contributed by atoms with van der Waals surface area (Å²) in [6.45, 7) is 2.19. The van der Waals surface area contributed by atoms with Crippen LogP contribution in [0, 0.1) is 28.6 Å². The third-order valence-corrected chi connectivity index (χ3v) is 6.43. The van der Waals surface area contributed by atoms with Gasteiger partial charge in [0.1, 0.15) is 0 Å². The molecular formula is C17H27NO3. The number of rotatable bonds is 3. The minimum absolute atomic E-state index is 0.0338. The molecule has 0 aromatic carbocycles. The van der Waals surface area contributed by atoms with Crippen molar-refractivity contribution < 1.29 is 14.9 Å². The fraction of sp³-hybridized carbons (Fsp3) is 0.941. The minimum Gasteiger partial charge on any atom is -0.393 e. The van der Waals surface area contributed by atoms with Crippen LogP contribution in [0.4, 0.5) is 0 Å². The van der Waals surface area contributed by atoms with Gasteiger partial charge in [0, 0.05) is 18.8 Å². The molecule has 1 heterocycles. The van der Waals surface area contributed by atoms with E-state index in [0.717, 1.165) is 44.9 Å². The Morgan fingerprint density at radius 1 is 1.19 bits per heavy atom. The molecule has 0 aromatic heterocycles. The summed E-state index contributed by atoms with van der Waals surface area (Å²) in [5.41, 5.74) is -0.0338. The van der Waals surface area contributed by atoms with E-state index in [4.69, 9.17) is 10.00 Å². The van der Waals surface area contributed by atoms with Gasteiger partial charge in [-0.1, -0.05) is 6.92 Å². The highest BCUT2D eigenvalue weighted by atomic mass is 16.6. The highest BCUT2D eigenvalue weighted by molar-refractivity contribution is 5.06. The van der Waals surface area contributed by atoms with Crippen LogP contribution in [-0.4, -0.2) is 28.2 Å². The van der Waals surface area contributed by atoms with Gasteiger partial charge in [-0.2, -0.15) is 5.26 Å². The molecule has 21 heavy (non-hydrogen) atoms. The maximum absolute atomic E-state index is 11.0. The summed E-state index contributed by atoms with van der Waals surface area (Å²) < 4.78 is 6.08. The average molecular weight is 293 g/mol. The third-order valence-electron chi connectivity index (χ3n) is 6.43. The maximum atomic E-state index is 11.0. The molecule has 3 aliphatic rings. The van der Waals surface area contributed by atoms with Crippen molar-refractivity contribution in [2.75, 3.05) is 0 Å². The van der Waals surface area contributed by atoms with E-state index in [-0.39, 0.29) is 23.5 Å². The lowest BCUT2D eigenvalue weighted by Crippen LogP contribution is -2.57. The molecule has 2 saturated carbocycles. The standard InChI is InChI=1S/C17H27NO3/c1-16-9-10-17(20)14(13(16)7-8-15(16)19)6-5-12(21-17)4-2-3-11-18/h12-15,19-20H,2-10H2,1H3/t12?,13?,14?,15-,16?,17?/m1/s1. The van der Waals surface area contributed by atoms with Crippen LogP contribution in [0.15, 0.2) is 0 Å². The molecule has 0 bridgehead atoms. The summed E-state index contributed by atoms with van der Waals surface area (Å²) in [7, 11) is 0. The maximum Gasteiger partial charge on any atom is 0.168 e. The normalized spacial score (nSPS) is 49.2. The summed E-state index contributed by atoms with van der Waals surface area (Å²) in [6.07, 6.45) is 7.46. The fourth-order valence-corrected chi connectivity index (χ4v) is 5.10. The van der Waals surface area contributed by atoms with E-state index in [1.807, 2.05) is 0 Å². The summed E-state index contributed by atoms with van der Waals surface area (Å²) in [6, 6.07) is 2.17. The Morgan fingerprint density at radius 2 is 1.95 bits per heavy atom. The number of ether oxygens (including phenoxy) is 1. The molecule has 2 aliphatic carbocycles. The van der Waals surface area contributed by atoms with E-state index in [1.165, 1.54) is 0 Å². The number of unbranched alkanes of at least 4 members (excludes halogenated alkanes) is 1. The molecule has 0 amide bonds. The number of hydrogen-bond acceptors (Lipinski definition) is 4. The van der Waals surface area contributed by atoms with Crippen molar-refractivity contribution in [3.8, 4) is 6.07 Å². The molecule has 0 aromatic rings. The molecule has 3 rings (SSSR count). The highest BCUT2D eigenvalue weighted by Crippen LogP contribution is 2.60. The molecule has 5 unspecified atom stereocenters. The second-order valence-electron chi connectivity index (χ2n) is 7.52. The van der Waals surface area contributed by atoms with E-state index in [2.05, 4.69) is 13.0 Å². The van der Waals surface area contributed by atoms with Gasteiger partial charge in [0.15, 0.2) is 5.79 Å². The van der Waals surface area contributed by atoms with Crippen LogP contribution in [0.25, 0.3) is 0 Å². The average Bonchev–Trinajstić information content (AvgIpc) is 2.75. The fourth-order valence-electron chi connectivity index (χ4n) is 5.10. The number of aliphatic hydroxyl groups excluding tert-OH is 1. The van der Waals surface area contributed by atoms with Crippen molar-refractivity contribution in [2.45, 2.75) is 82.7 Å². The van der Waals surface area contributed by atoms with Crippen LogP contribution >= 0.6 is 0 Å². The Morgan fingerprint density at radius 3 is 2.71 bits per heavy atom. The van der Waals surface area contributed by atoms with Crippen LogP contribution in [0.2, 0.25) is 0 Å². The van der Waals surface area contributed by atoms with Crippen molar-refractivity contribution in [3.05, 3.63) is 0 Å². The first-order valence-electron chi connectivity index (χ1n) is 8.45. The second kappa shape index (κ2) is 5.53. The smallest absolute Gasteiger partial charge is 0.168 e. The predicted molar refractivity (Wildman–Crippen MR) is 78.1 cm³/mol. The number of nitriles is 1. The van der Waals surface area contributed by atoms with Crippen LogP contribution in [0.3, 0.4) is 0 Å². The lowest BCUT2D eigenvalue weighted by Gasteiger charge is -2.54. The van der Waals surface area contributed by atoms with Gasteiger partial charge in [0.05, 0.1) is 18.3 Å². The zero-order valence-electron chi connectivity index (χ0n) is 12.9. The van der Waals surface area contributed by atoms with Crippen molar-refractivity contribution in [3.63, 3.8) is 0 Å². The van der Waals surface area contributed by atoms with E-state index >= 15 is 0 Å². The van der Waals surface area contributed by atoms with Gasteiger partial charge in [0.25, 0.3) is 0 Å². The Hall–Kier alpha value is -0.630. The summed E-state index contributed by atoms with van der Waals surface area (Å²) in [5.74, 6) is -0.448. The second-order valence-corrected chi connectivity index (χ2v) is 7.52. The van der Waals surface area contributed by atoms with Crippen LogP contribution in [0.5, 0.6) is 0 Å². The zero-order chi connectivity index (χ0) is 15.1. The lowest BCUT2D eigenvalue weighted by atomic mass is 9.59. The monoisotopic (exact) mass is 293 g/mol. The number of aliphatic hydroxyl groups is 2. The Labute approximate surface area is 127 Å². The first-order chi connectivity index (χ1) is 9.99. The molecule has 2 N–H and O–H groups in total. The number of nitrogens with zero attached hydrogens (tertiary/aromatic N) is 1. The van der Waals surface area contributed by atoms with Crippen LogP contribution in [0.1, 0.15) is 64.7 Å². The van der Waals surface area contributed by atoms with E-state index in [0.29, 0.717) is 18.8 Å². The molecule has 3 fully saturated rings. The summed E-state index contributed by atoms with van der Waals surface area (Å²) in [5, 5.41) is 29.9. The van der Waals surface area contributed by atoms with Crippen LogP contribution < -0.4 is 0 Å². The molecular weight excluding hydrogens is 266 g/mol. The predicted octanol–water partition coefficient (Wildman–Crippen LogP) is 2.74. The van der Waals surface area contributed by atoms with Gasteiger partial charge in [-0.15, -0.1) is 0 Å². The largest absolute Gasteiger partial charge is 0.393 e. The number of hydrogen-bond donors (Lipinski definition) is 2. The third kappa shape index (κ3) is 2.50. The van der Waals surface area contributed by atoms with Gasteiger partial charge < -0.3 is 14.9 Å². The van der Waals surface area contributed by atoms with Gasteiger partial charge in [-0.05, 0) is 56.3 Å². The molecule has 0 spiro atoms. The van der Waals surface area contributed by atoms with E-state index in [9.17, 15) is 10.2 Å². The Bertz CT molecular complexity index is 434. The Kier molecular flexibility index (Phi) is 4.02. The quantitative estimate of drug-likeness (QED) is 0.785. The molecule has 1 aliphatic heterocycles. The van der Waals surface area contributed by atoms with Crippen molar-refractivity contribution in [1.82, 2.24) is 0 Å². The Balaban J connectivity index is 1.68. The molecule has 0 radical (unpaired) electrons. The number of fused-ring (bicyclic) bond motifs is 3. The summed E-state index contributed by atoms with van der Waals surface area (Å²) in [4.78, 5) is 0. The molecule has 4 nitrogen and oxygen atoms in total. The van der Waals surface area contributed by atoms with Gasteiger partial charge >= 0.3 is 0 Å². The molecule has 1 saturated heterocycles. The van der Waals surface area contributed by atoms with E-state index < -0.39 is 5.79 Å². The SMILES string of the molecule is CC12CCC3(O)OC(CCCC#N)CCC3C1CC[C@H]2O. The summed E-state index contributed by atoms with van der Waals surface area (Å²) >= 11 is 0. The van der Waals surface area contributed by atoms with Gasteiger partial charge in [-0.3, -0.25) is 0 Å². The lowest BCUT2D eigenvalue weighted by molar-refractivity contribution is -0.319. The molecule has 6 atom stereocenters. The minimum atomic E-state index is -0.996. The van der Waals surface area contributed by atoms with Gasteiger partial charge in [0.2, 0.25) is 0 Å². The van der Waals surface area contributed by atoms with Crippen molar-refractivity contribution >= 4 is 0 Å². The van der Waals surface area contributed by atoms with Crippen molar-refractivity contribution in [1.29, 1.82) is 5.26 Å². The topological polar surface area (TPSA) is 73.5 Å².